The normalized spacial score (nSPS) is 10.8. The number of nitriles is 1. The van der Waals surface area contributed by atoms with Crippen molar-refractivity contribution >= 4 is 23.6 Å². The van der Waals surface area contributed by atoms with Gasteiger partial charge in [-0.05, 0) is 44.0 Å². The van der Waals surface area contributed by atoms with Gasteiger partial charge in [0.05, 0.1) is 24.8 Å². The van der Waals surface area contributed by atoms with E-state index in [-0.39, 0.29) is 12.2 Å². The van der Waals surface area contributed by atoms with E-state index in [1.807, 2.05) is 19.9 Å². The van der Waals surface area contributed by atoms with Gasteiger partial charge in [0.1, 0.15) is 11.6 Å². The molecule has 0 atom stereocenters. The third-order valence-electron chi connectivity index (χ3n) is 2.71. The number of halogens is 1. The highest BCUT2D eigenvalue weighted by molar-refractivity contribution is 6.32. The van der Waals surface area contributed by atoms with Crippen molar-refractivity contribution in [2.75, 3.05) is 19.8 Å². The summed E-state index contributed by atoms with van der Waals surface area (Å²) in [4.78, 5) is 11.7. The molecule has 0 aliphatic heterocycles. The number of carbonyl (C=O) groups is 1. The van der Waals surface area contributed by atoms with Crippen molar-refractivity contribution in [1.29, 1.82) is 5.26 Å². The molecule has 1 rings (SSSR count). The van der Waals surface area contributed by atoms with Gasteiger partial charge in [0.15, 0.2) is 11.5 Å². The van der Waals surface area contributed by atoms with Gasteiger partial charge in [0.2, 0.25) is 0 Å². The predicted molar refractivity (Wildman–Crippen MR) is 88.6 cm³/mol. The Balaban J connectivity index is 3.22. The van der Waals surface area contributed by atoms with Gasteiger partial charge in [-0.15, -0.1) is 0 Å². The Bertz CT molecular complexity index is 620. The summed E-state index contributed by atoms with van der Waals surface area (Å²) in [5.74, 6) is 0.262. The molecule has 1 aromatic rings. The van der Waals surface area contributed by atoms with Crippen LogP contribution in [0.25, 0.3) is 6.08 Å². The van der Waals surface area contributed by atoms with Crippen LogP contribution in [0.5, 0.6) is 11.5 Å². The van der Waals surface area contributed by atoms with E-state index in [1.54, 1.807) is 19.1 Å². The van der Waals surface area contributed by atoms with E-state index < -0.39 is 5.97 Å². The molecule has 124 valence electrons. The van der Waals surface area contributed by atoms with Crippen LogP contribution in [-0.2, 0) is 9.53 Å². The first-order valence-corrected chi connectivity index (χ1v) is 7.83. The highest BCUT2D eigenvalue weighted by Gasteiger charge is 2.14. The number of benzene rings is 1. The molecule has 0 N–H and O–H groups in total. The van der Waals surface area contributed by atoms with Crippen LogP contribution in [0, 0.1) is 11.3 Å². The molecule has 0 unspecified atom stereocenters. The number of carbonyl (C=O) groups excluding carboxylic acids is 1. The first kappa shape index (κ1) is 18.9. The Hall–Kier alpha value is -2.19. The number of nitrogens with zero attached hydrogens (tertiary/aromatic N) is 1. The standard InChI is InChI=1S/C17H20ClNO4/c1-4-7-23-16-14(18)9-12(10-15(16)21-5-2)8-13(11-19)17(20)22-6-3/h8-10H,4-7H2,1-3H3/b13-8+. The molecule has 0 aliphatic carbocycles. The highest BCUT2D eigenvalue weighted by atomic mass is 35.5. The molecule has 0 fully saturated rings. The van der Waals surface area contributed by atoms with Crippen molar-refractivity contribution in [2.45, 2.75) is 27.2 Å². The lowest BCUT2D eigenvalue weighted by Crippen LogP contribution is -2.06. The number of rotatable bonds is 8. The molecule has 0 saturated heterocycles. The second kappa shape index (κ2) is 9.75. The molecular weight excluding hydrogens is 318 g/mol. The third kappa shape index (κ3) is 5.50. The average molecular weight is 338 g/mol. The summed E-state index contributed by atoms with van der Waals surface area (Å²) in [5.41, 5.74) is 0.458. The fourth-order valence-electron chi connectivity index (χ4n) is 1.79. The van der Waals surface area contributed by atoms with E-state index in [0.717, 1.165) is 6.42 Å². The van der Waals surface area contributed by atoms with Gasteiger partial charge >= 0.3 is 5.97 Å². The zero-order valence-corrected chi connectivity index (χ0v) is 14.3. The van der Waals surface area contributed by atoms with E-state index in [1.165, 1.54) is 6.08 Å². The Kier molecular flexibility index (Phi) is 8.00. The summed E-state index contributed by atoms with van der Waals surface area (Å²) in [6, 6.07) is 5.12. The summed E-state index contributed by atoms with van der Waals surface area (Å²) in [7, 11) is 0. The molecule has 6 heteroatoms. The molecule has 23 heavy (non-hydrogen) atoms. The Morgan fingerprint density at radius 1 is 1.26 bits per heavy atom. The molecule has 0 aliphatic rings. The van der Waals surface area contributed by atoms with Crippen LogP contribution in [0.4, 0.5) is 0 Å². The van der Waals surface area contributed by atoms with Crippen LogP contribution >= 0.6 is 11.6 Å². The summed E-state index contributed by atoms with van der Waals surface area (Å²) in [6.45, 7) is 6.67. The molecule has 0 aromatic heterocycles. The van der Waals surface area contributed by atoms with Crippen LogP contribution < -0.4 is 9.47 Å². The molecular formula is C17H20ClNO4. The summed E-state index contributed by atoms with van der Waals surface area (Å²) >= 11 is 6.24. The minimum atomic E-state index is -0.671. The highest BCUT2D eigenvalue weighted by Crippen LogP contribution is 2.37. The quantitative estimate of drug-likeness (QED) is 0.407. The van der Waals surface area contributed by atoms with E-state index in [0.29, 0.717) is 35.3 Å². The van der Waals surface area contributed by atoms with Crippen molar-refractivity contribution in [3.05, 3.63) is 28.3 Å². The maximum Gasteiger partial charge on any atom is 0.348 e. The molecule has 0 heterocycles. The molecule has 5 nitrogen and oxygen atoms in total. The Morgan fingerprint density at radius 3 is 2.57 bits per heavy atom. The predicted octanol–water partition coefficient (Wildman–Crippen LogP) is 4.00. The first-order chi connectivity index (χ1) is 11.1. The lowest BCUT2D eigenvalue weighted by Gasteiger charge is -2.14. The maximum atomic E-state index is 11.7. The average Bonchev–Trinajstić information content (AvgIpc) is 2.52. The van der Waals surface area contributed by atoms with E-state index >= 15 is 0 Å². The molecule has 0 bridgehead atoms. The van der Waals surface area contributed by atoms with Crippen LogP contribution in [0.1, 0.15) is 32.8 Å². The Labute approximate surface area is 141 Å². The van der Waals surface area contributed by atoms with Crippen LogP contribution in [0.2, 0.25) is 5.02 Å². The second-order valence-electron chi connectivity index (χ2n) is 4.50. The lowest BCUT2D eigenvalue weighted by atomic mass is 10.1. The molecule has 1 aromatic carbocycles. The van der Waals surface area contributed by atoms with Crippen LogP contribution in [0.3, 0.4) is 0 Å². The van der Waals surface area contributed by atoms with Crippen molar-refractivity contribution in [3.8, 4) is 17.6 Å². The Morgan fingerprint density at radius 2 is 2.00 bits per heavy atom. The smallest absolute Gasteiger partial charge is 0.348 e. The number of hydrogen-bond donors (Lipinski definition) is 0. The maximum absolute atomic E-state index is 11.7. The van der Waals surface area contributed by atoms with Crippen molar-refractivity contribution in [3.63, 3.8) is 0 Å². The van der Waals surface area contributed by atoms with E-state index in [4.69, 9.17) is 31.1 Å². The van der Waals surface area contributed by atoms with E-state index in [9.17, 15) is 4.79 Å². The van der Waals surface area contributed by atoms with Crippen LogP contribution in [0.15, 0.2) is 17.7 Å². The van der Waals surface area contributed by atoms with Crippen LogP contribution in [-0.4, -0.2) is 25.8 Å². The van der Waals surface area contributed by atoms with Crippen molar-refractivity contribution < 1.29 is 19.0 Å². The number of hydrogen-bond acceptors (Lipinski definition) is 5. The van der Waals surface area contributed by atoms with Gasteiger partial charge in [0, 0.05) is 0 Å². The van der Waals surface area contributed by atoms with Gasteiger partial charge in [-0.3, -0.25) is 0 Å². The summed E-state index contributed by atoms with van der Waals surface area (Å²) < 4.78 is 16.0. The second-order valence-corrected chi connectivity index (χ2v) is 4.91. The first-order valence-electron chi connectivity index (χ1n) is 7.45. The molecule has 0 radical (unpaired) electrons. The number of esters is 1. The van der Waals surface area contributed by atoms with E-state index in [2.05, 4.69) is 0 Å². The fourth-order valence-corrected chi connectivity index (χ4v) is 2.06. The lowest BCUT2D eigenvalue weighted by molar-refractivity contribution is -0.137. The van der Waals surface area contributed by atoms with Gasteiger partial charge in [-0.1, -0.05) is 18.5 Å². The SMILES string of the molecule is CCCOc1c(Cl)cc(/C=C(\C#N)C(=O)OCC)cc1OCC. The minimum absolute atomic E-state index is 0.104. The summed E-state index contributed by atoms with van der Waals surface area (Å²) in [5, 5.41) is 9.45. The fraction of sp³-hybridized carbons (Fsp3) is 0.412. The largest absolute Gasteiger partial charge is 0.490 e. The number of ether oxygens (including phenoxy) is 3. The minimum Gasteiger partial charge on any atom is -0.490 e. The van der Waals surface area contributed by atoms with Gasteiger partial charge < -0.3 is 14.2 Å². The van der Waals surface area contributed by atoms with Gasteiger partial charge in [-0.25, -0.2) is 4.79 Å². The summed E-state index contributed by atoms with van der Waals surface area (Å²) in [6.07, 6.45) is 2.25. The molecule has 0 amide bonds. The molecule has 0 saturated carbocycles. The van der Waals surface area contributed by atoms with Crippen molar-refractivity contribution in [2.24, 2.45) is 0 Å². The monoisotopic (exact) mass is 337 g/mol. The molecule has 0 spiro atoms. The zero-order valence-electron chi connectivity index (χ0n) is 13.5. The van der Waals surface area contributed by atoms with Gasteiger partial charge in [-0.2, -0.15) is 5.26 Å². The third-order valence-corrected chi connectivity index (χ3v) is 2.99. The zero-order chi connectivity index (χ0) is 17.2. The van der Waals surface area contributed by atoms with Gasteiger partial charge in [0.25, 0.3) is 0 Å². The van der Waals surface area contributed by atoms with Crippen molar-refractivity contribution in [1.82, 2.24) is 0 Å². The topological polar surface area (TPSA) is 68.5 Å².